The zero-order valence-electron chi connectivity index (χ0n) is 18.0. The molecule has 1 aromatic heterocycles. The van der Waals surface area contributed by atoms with Crippen molar-refractivity contribution in [2.45, 2.75) is 6.54 Å². The van der Waals surface area contributed by atoms with E-state index in [0.717, 1.165) is 41.6 Å². The number of nitrogens with one attached hydrogen (secondary N) is 1. The number of hydrogen-bond donors (Lipinski definition) is 1. The highest BCUT2D eigenvalue weighted by Gasteiger charge is 2.23. The average molecular weight is 473 g/mol. The number of methoxy groups -OCH3 is 2. The summed E-state index contributed by atoms with van der Waals surface area (Å²) in [6.45, 7) is 3.63. The summed E-state index contributed by atoms with van der Waals surface area (Å²) in [5.41, 5.74) is 2.57. The molecule has 0 radical (unpaired) electrons. The zero-order valence-corrected chi connectivity index (χ0v) is 19.6. The molecule has 1 aliphatic rings. The highest BCUT2D eigenvalue weighted by atomic mass is 35.5. The van der Waals surface area contributed by atoms with Gasteiger partial charge in [0.2, 0.25) is 0 Å². The fourth-order valence-corrected chi connectivity index (χ4v) is 4.59. The fourth-order valence-electron chi connectivity index (χ4n) is 3.57. The second kappa shape index (κ2) is 10.2. The minimum absolute atomic E-state index is 0.153. The van der Waals surface area contributed by atoms with Crippen LogP contribution in [0.2, 0.25) is 5.02 Å². The summed E-state index contributed by atoms with van der Waals surface area (Å²) in [7, 11) is 3.23. The van der Waals surface area contributed by atoms with Gasteiger partial charge in [-0.3, -0.25) is 4.90 Å². The van der Waals surface area contributed by atoms with Gasteiger partial charge >= 0.3 is 6.03 Å². The number of hydrogen-bond acceptors (Lipinski definition) is 6. The molecule has 1 aliphatic heterocycles. The lowest BCUT2D eigenvalue weighted by Crippen LogP contribution is -2.49. The first-order valence-electron chi connectivity index (χ1n) is 10.3. The number of ether oxygens (including phenoxy) is 2. The van der Waals surface area contributed by atoms with Crippen molar-refractivity contribution in [2.75, 3.05) is 45.7 Å². The van der Waals surface area contributed by atoms with Gasteiger partial charge in [-0.2, -0.15) is 0 Å². The van der Waals surface area contributed by atoms with E-state index in [1.54, 1.807) is 48.7 Å². The van der Waals surface area contributed by atoms with Crippen molar-refractivity contribution in [3.05, 3.63) is 57.9 Å². The molecule has 1 fully saturated rings. The number of aromatic nitrogens is 1. The molecular weight excluding hydrogens is 448 g/mol. The molecule has 0 unspecified atom stereocenters. The third-order valence-corrected chi connectivity index (χ3v) is 6.41. The predicted octanol–water partition coefficient (Wildman–Crippen LogP) is 4.83. The second-order valence-electron chi connectivity index (χ2n) is 7.40. The molecule has 7 nitrogen and oxygen atoms in total. The Bertz CT molecular complexity index is 1080. The van der Waals surface area contributed by atoms with Gasteiger partial charge in [0.05, 0.1) is 32.1 Å². The van der Waals surface area contributed by atoms with Gasteiger partial charge in [-0.25, -0.2) is 9.78 Å². The quantitative estimate of drug-likeness (QED) is 0.556. The summed E-state index contributed by atoms with van der Waals surface area (Å²) in [6, 6.07) is 12.9. The summed E-state index contributed by atoms with van der Waals surface area (Å²) in [5.74, 6) is 1.40. The highest BCUT2D eigenvalue weighted by Crippen LogP contribution is 2.28. The molecule has 32 heavy (non-hydrogen) atoms. The third-order valence-electron chi connectivity index (χ3n) is 5.34. The topological polar surface area (TPSA) is 66.9 Å². The molecule has 1 saturated heterocycles. The average Bonchev–Trinajstić information content (AvgIpc) is 3.28. The van der Waals surface area contributed by atoms with E-state index in [2.05, 4.69) is 15.6 Å². The van der Waals surface area contributed by atoms with Gasteiger partial charge in [0, 0.05) is 42.1 Å². The van der Waals surface area contributed by atoms with Gasteiger partial charge in [-0.15, -0.1) is 11.3 Å². The van der Waals surface area contributed by atoms with Crippen LogP contribution in [0.15, 0.2) is 47.8 Å². The fraction of sp³-hybridized carbons (Fsp3) is 0.304. The van der Waals surface area contributed by atoms with E-state index in [1.807, 2.05) is 24.3 Å². The van der Waals surface area contributed by atoms with Gasteiger partial charge in [-0.05, 0) is 30.3 Å². The van der Waals surface area contributed by atoms with Crippen LogP contribution in [0, 0.1) is 0 Å². The Morgan fingerprint density at radius 1 is 1.12 bits per heavy atom. The Morgan fingerprint density at radius 3 is 2.69 bits per heavy atom. The van der Waals surface area contributed by atoms with Crippen molar-refractivity contribution in [1.29, 1.82) is 0 Å². The molecule has 2 amide bonds. The van der Waals surface area contributed by atoms with Gasteiger partial charge in [0.15, 0.2) is 0 Å². The molecule has 9 heteroatoms. The lowest BCUT2D eigenvalue weighted by molar-refractivity contribution is 0.143. The normalized spacial score (nSPS) is 14.3. The van der Waals surface area contributed by atoms with E-state index in [0.29, 0.717) is 29.5 Å². The van der Waals surface area contributed by atoms with Crippen molar-refractivity contribution in [1.82, 2.24) is 14.8 Å². The minimum atomic E-state index is -0.153. The largest absolute Gasteiger partial charge is 0.497 e. The summed E-state index contributed by atoms with van der Waals surface area (Å²) < 4.78 is 10.6. The van der Waals surface area contributed by atoms with Gasteiger partial charge in [-0.1, -0.05) is 23.7 Å². The molecule has 0 spiro atoms. The SMILES string of the molecule is COc1cccc(-c2csc(CN3CCN(C(=O)Nc4cc(Cl)ccc4OC)CC3)n2)c1. The molecular formula is C23H25ClN4O3S. The van der Waals surface area contributed by atoms with Crippen molar-refractivity contribution in [3.63, 3.8) is 0 Å². The van der Waals surface area contributed by atoms with Crippen LogP contribution >= 0.6 is 22.9 Å². The van der Waals surface area contributed by atoms with E-state index in [1.165, 1.54) is 0 Å². The van der Waals surface area contributed by atoms with E-state index in [4.69, 9.17) is 26.1 Å². The predicted molar refractivity (Wildman–Crippen MR) is 128 cm³/mol. The van der Waals surface area contributed by atoms with Gasteiger partial charge in [0.1, 0.15) is 16.5 Å². The van der Waals surface area contributed by atoms with Crippen LogP contribution in [-0.4, -0.2) is 61.2 Å². The van der Waals surface area contributed by atoms with Crippen LogP contribution in [0.25, 0.3) is 11.3 Å². The summed E-state index contributed by atoms with van der Waals surface area (Å²) in [4.78, 5) is 21.6. The number of halogens is 1. The van der Waals surface area contributed by atoms with Gasteiger partial charge in [0.25, 0.3) is 0 Å². The first-order valence-corrected chi connectivity index (χ1v) is 11.5. The lowest BCUT2D eigenvalue weighted by atomic mass is 10.2. The first kappa shape index (κ1) is 22.4. The van der Waals surface area contributed by atoms with E-state index in [9.17, 15) is 4.79 Å². The molecule has 2 aromatic carbocycles. The maximum Gasteiger partial charge on any atom is 0.322 e. The summed E-state index contributed by atoms with van der Waals surface area (Å²) in [6.07, 6.45) is 0. The number of benzene rings is 2. The van der Waals surface area contributed by atoms with E-state index >= 15 is 0 Å². The number of carbonyl (C=O) groups is 1. The lowest BCUT2D eigenvalue weighted by Gasteiger charge is -2.34. The van der Waals surface area contributed by atoms with Crippen LogP contribution in [0.5, 0.6) is 11.5 Å². The number of rotatable bonds is 6. The molecule has 0 aliphatic carbocycles. The molecule has 168 valence electrons. The number of carbonyl (C=O) groups excluding carboxylic acids is 1. The van der Waals surface area contributed by atoms with Crippen LogP contribution in [0.4, 0.5) is 10.5 Å². The van der Waals surface area contributed by atoms with Gasteiger partial charge < -0.3 is 19.7 Å². The summed E-state index contributed by atoms with van der Waals surface area (Å²) in [5, 5.41) is 6.59. The number of nitrogens with zero attached hydrogens (tertiary/aromatic N) is 3. The van der Waals surface area contributed by atoms with Crippen LogP contribution in [-0.2, 0) is 6.54 Å². The van der Waals surface area contributed by atoms with E-state index < -0.39 is 0 Å². The highest BCUT2D eigenvalue weighted by molar-refractivity contribution is 7.09. The molecule has 1 N–H and O–H groups in total. The smallest absolute Gasteiger partial charge is 0.322 e. The monoisotopic (exact) mass is 472 g/mol. The number of urea groups is 1. The van der Waals surface area contributed by atoms with E-state index in [-0.39, 0.29) is 6.03 Å². The Morgan fingerprint density at radius 2 is 1.94 bits per heavy atom. The van der Waals surface area contributed by atoms with Crippen molar-refractivity contribution >= 4 is 34.7 Å². The third kappa shape index (κ3) is 5.32. The molecule has 3 aromatic rings. The standard InChI is InChI=1S/C23H25ClN4O3S/c1-30-18-5-3-4-16(12-18)20-15-32-22(25-20)14-27-8-10-28(11-9-27)23(29)26-19-13-17(24)6-7-21(19)31-2/h3-7,12-13,15H,8-11,14H2,1-2H3,(H,26,29). The summed E-state index contributed by atoms with van der Waals surface area (Å²) >= 11 is 7.71. The van der Waals surface area contributed by atoms with Crippen LogP contribution < -0.4 is 14.8 Å². The Hall–Kier alpha value is -2.81. The van der Waals surface area contributed by atoms with Crippen molar-refractivity contribution in [3.8, 4) is 22.8 Å². The zero-order chi connectivity index (χ0) is 22.5. The number of thiazole rings is 1. The Labute approximate surface area is 196 Å². The van der Waals surface area contributed by atoms with Crippen LogP contribution in [0.1, 0.15) is 5.01 Å². The van der Waals surface area contributed by atoms with Crippen LogP contribution in [0.3, 0.4) is 0 Å². The Balaban J connectivity index is 1.31. The molecule has 0 atom stereocenters. The number of piperazine rings is 1. The van der Waals surface area contributed by atoms with Crippen molar-refractivity contribution < 1.29 is 14.3 Å². The first-order chi connectivity index (χ1) is 15.6. The Kier molecular flexibility index (Phi) is 7.14. The molecule has 2 heterocycles. The minimum Gasteiger partial charge on any atom is -0.497 e. The molecule has 0 saturated carbocycles. The molecule has 4 rings (SSSR count). The maximum atomic E-state index is 12.7. The second-order valence-corrected chi connectivity index (χ2v) is 8.78. The molecule has 0 bridgehead atoms. The number of anilines is 1. The maximum absolute atomic E-state index is 12.7. The number of amides is 2. The van der Waals surface area contributed by atoms with Crippen molar-refractivity contribution in [2.24, 2.45) is 0 Å².